The number of hydrogen-bond acceptors (Lipinski definition) is 4. The lowest BCUT2D eigenvalue weighted by Gasteiger charge is -2.32. The van der Waals surface area contributed by atoms with Crippen molar-refractivity contribution >= 4 is 62.1 Å². The van der Waals surface area contributed by atoms with Gasteiger partial charge in [0, 0.05) is 39.4 Å². The molecule has 0 saturated heterocycles. The minimum Gasteiger partial charge on any atom is -0.458 e. The lowest BCUT2D eigenvalue weighted by atomic mass is 9.35. The summed E-state index contributed by atoms with van der Waals surface area (Å²) in [7, 11) is 0. The number of hydrogen-bond donors (Lipinski definition) is 0. The molecule has 3 heterocycles. The van der Waals surface area contributed by atoms with E-state index in [0.717, 1.165) is 78.4 Å². The second-order valence-electron chi connectivity index (χ2n) is 10.5. The lowest BCUT2D eigenvalue weighted by Crippen LogP contribution is -2.57. The van der Waals surface area contributed by atoms with Crippen molar-refractivity contribution in [3.63, 3.8) is 0 Å². The van der Waals surface area contributed by atoms with Crippen molar-refractivity contribution in [3.05, 3.63) is 133 Å². The number of nitrogens with zero attached hydrogens (tertiary/aromatic N) is 1. The average Bonchev–Trinajstić information content (AvgIpc) is 3.38. The van der Waals surface area contributed by atoms with Gasteiger partial charge in [-0.15, -0.1) is 0 Å². The molecule has 2 aliphatic heterocycles. The van der Waals surface area contributed by atoms with E-state index in [1.807, 2.05) is 42.5 Å². The summed E-state index contributed by atoms with van der Waals surface area (Å²) in [4.78, 5) is 2.25. The van der Waals surface area contributed by atoms with Crippen LogP contribution in [0, 0.1) is 0 Å². The van der Waals surface area contributed by atoms with Crippen LogP contribution in [0.25, 0.3) is 21.9 Å². The smallest absolute Gasteiger partial charge is 0.260 e. The first-order chi connectivity index (χ1) is 20.3. The minimum atomic E-state index is 0.00901. The molecule has 7 aromatic rings. The number of anilines is 3. The second kappa shape index (κ2) is 8.54. The van der Waals surface area contributed by atoms with Crippen molar-refractivity contribution in [2.75, 3.05) is 4.90 Å². The summed E-state index contributed by atoms with van der Waals surface area (Å²) in [6.45, 7) is 0.00901. The topological polar surface area (TPSA) is 34.8 Å². The number of para-hydroxylation sites is 3. The zero-order chi connectivity index (χ0) is 26.9. The van der Waals surface area contributed by atoms with Gasteiger partial charge in [0.1, 0.15) is 34.2 Å². The third-order valence-electron chi connectivity index (χ3n) is 8.17. The molecule has 5 heteroatoms. The van der Waals surface area contributed by atoms with Crippen molar-refractivity contribution < 1.29 is 13.9 Å². The Bertz CT molecular complexity index is 2080. The first-order valence-electron chi connectivity index (χ1n) is 13.8. The fourth-order valence-corrected chi connectivity index (χ4v) is 6.38. The van der Waals surface area contributed by atoms with Crippen molar-refractivity contribution in [3.8, 4) is 23.0 Å². The van der Waals surface area contributed by atoms with Crippen molar-refractivity contribution in [1.82, 2.24) is 0 Å². The molecule has 0 atom stereocenters. The van der Waals surface area contributed by atoms with Gasteiger partial charge in [-0.05, 0) is 77.7 Å². The molecular weight excluding hydrogens is 505 g/mol. The monoisotopic (exact) mass is 527 g/mol. The van der Waals surface area contributed by atoms with Crippen LogP contribution in [-0.2, 0) is 0 Å². The Balaban J connectivity index is 1.23. The average molecular weight is 527 g/mol. The highest BCUT2D eigenvalue weighted by molar-refractivity contribution is 6.98. The summed E-state index contributed by atoms with van der Waals surface area (Å²) >= 11 is 0. The summed E-state index contributed by atoms with van der Waals surface area (Å²) in [6.07, 6.45) is 0. The molecule has 192 valence electrons. The first kappa shape index (κ1) is 22.4. The number of furan rings is 1. The van der Waals surface area contributed by atoms with E-state index < -0.39 is 0 Å². The highest BCUT2D eigenvalue weighted by atomic mass is 16.5. The normalized spacial score (nSPS) is 12.7. The van der Waals surface area contributed by atoms with E-state index >= 15 is 0 Å². The Morgan fingerprint density at radius 1 is 0.439 bits per heavy atom. The number of ether oxygens (including phenoxy) is 2. The van der Waals surface area contributed by atoms with E-state index in [1.165, 1.54) is 0 Å². The van der Waals surface area contributed by atoms with Gasteiger partial charge in [0.05, 0.1) is 0 Å². The van der Waals surface area contributed by atoms with Gasteiger partial charge in [-0.3, -0.25) is 0 Å². The lowest BCUT2D eigenvalue weighted by molar-refractivity contribution is 0.465. The molecule has 4 nitrogen and oxygen atoms in total. The number of rotatable bonds is 3. The van der Waals surface area contributed by atoms with Crippen molar-refractivity contribution in [1.29, 1.82) is 0 Å². The maximum absolute atomic E-state index is 6.58. The Morgan fingerprint density at radius 2 is 1.07 bits per heavy atom. The minimum absolute atomic E-state index is 0.00901. The van der Waals surface area contributed by atoms with E-state index in [4.69, 9.17) is 13.9 Å². The molecule has 9 rings (SSSR count). The van der Waals surface area contributed by atoms with Crippen LogP contribution in [0.15, 0.2) is 138 Å². The second-order valence-corrected chi connectivity index (χ2v) is 10.5. The molecule has 0 aliphatic carbocycles. The van der Waals surface area contributed by atoms with Crippen molar-refractivity contribution in [2.24, 2.45) is 0 Å². The Kier molecular flexibility index (Phi) is 4.67. The van der Waals surface area contributed by atoms with Gasteiger partial charge < -0.3 is 18.8 Å². The van der Waals surface area contributed by atoms with Gasteiger partial charge in [0.25, 0.3) is 6.71 Å². The third kappa shape index (κ3) is 3.36. The standard InChI is InChI=1S/C36H22BNO3/c1-3-10-23(11-4-1)38(24-12-5-2-6-13-24)25-18-19-26-27-21-35-29(22-34(27)41-33(26)20-25)37-28-14-7-8-15-30(28)39-31-16-9-17-32(40-35)36(31)37/h1-22H. The van der Waals surface area contributed by atoms with Crippen LogP contribution < -0.4 is 30.8 Å². The predicted octanol–water partition coefficient (Wildman–Crippen LogP) is 7.78. The predicted molar refractivity (Wildman–Crippen MR) is 166 cm³/mol. The van der Waals surface area contributed by atoms with Crippen LogP contribution in [-0.4, -0.2) is 6.71 Å². The van der Waals surface area contributed by atoms with Crippen LogP contribution in [0.2, 0.25) is 0 Å². The Labute approximate surface area is 237 Å². The highest BCUT2D eigenvalue weighted by Crippen LogP contribution is 2.40. The van der Waals surface area contributed by atoms with Crippen molar-refractivity contribution in [2.45, 2.75) is 0 Å². The molecule has 1 aromatic heterocycles. The highest BCUT2D eigenvalue weighted by Gasteiger charge is 2.40. The van der Waals surface area contributed by atoms with Crippen LogP contribution >= 0.6 is 0 Å². The van der Waals surface area contributed by atoms with Crippen LogP contribution in [0.5, 0.6) is 23.0 Å². The van der Waals surface area contributed by atoms with E-state index in [2.05, 4.69) is 95.9 Å². The molecule has 0 amide bonds. The largest absolute Gasteiger partial charge is 0.458 e. The third-order valence-corrected chi connectivity index (χ3v) is 8.17. The van der Waals surface area contributed by atoms with Crippen LogP contribution in [0.3, 0.4) is 0 Å². The zero-order valence-electron chi connectivity index (χ0n) is 22.0. The molecule has 0 N–H and O–H groups in total. The molecule has 6 aromatic carbocycles. The van der Waals surface area contributed by atoms with Gasteiger partial charge in [0.15, 0.2) is 0 Å². The first-order valence-corrected chi connectivity index (χ1v) is 13.8. The van der Waals surface area contributed by atoms with E-state index in [9.17, 15) is 0 Å². The molecule has 41 heavy (non-hydrogen) atoms. The van der Waals surface area contributed by atoms with Gasteiger partial charge >= 0.3 is 0 Å². The molecule has 0 radical (unpaired) electrons. The van der Waals surface area contributed by atoms with Gasteiger partial charge in [-0.2, -0.15) is 0 Å². The zero-order valence-corrected chi connectivity index (χ0v) is 22.0. The van der Waals surface area contributed by atoms with E-state index in [1.54, 1.807) is 0 Å². The number of benzene rings is 6. The van der Waals surface area contributed by atoms with Crippen LogP contribution in [0.1, 0.15) is 0 Å². The maximum atomic E-state index is 6.58. The summed E-state index contributed by atoms with van der Waals surface area (Å²) in [5.41, 5.74) is 8.18. The van der Waals surface area contributed by atoms with Gasteiger partial charge in [-0.1, -0.05) is 60.7 Å². The summed E-state index contributed by atoms with van der Waals surface area (Å²) in [5.74, 6) is 3.41. The molecule has 2 aliphatic rings. The maximum Gasteiger partial charge on any atom is 0.260 e. The van der Waals surface area contributed by atoms with E-state index in [0.29, 0.717) is 0 Å². The quantitative estimate of drug-likeness (QED) is 0.220. The van der Waals surface area contributed by atoms with Gasteiger partial charge in [-0.25, -0.2) is 0 Å². The molecule has 0 bridgehead atoms. The summed E-state index contributed by atoms with van der Waals surface area (Å²) in [5, 5.41) is 2.10. The summed E-state index contributed by atoms with van der Waals surface area (Å²) < 4.78 is 19.4. The fraction of sp³-hybridized carbons (Fsp3) is 0. The molecule has 0 spiro atoms. The fourth-order valence-electron chi connectivity index (χ4n) is 6.38. The number of fused-ring (bicyclic) bond motifs is 7. The molecule has 0 unspecified atom stereocenters. The Hall–Kier alpha value is -5.42. The Morgan fingerprint density at radius 3 is 1.83 bits per heavy atom. The summed E-state index contributed by atoms with van der Waals surface area (Å²) in [6, 6.07) is 45.9. The SMILES string of the molecule is c1ccc(N(c2ccccc2)c2ccc3c(c2)oc2cc4c(cc23)Oc2cccc3c2B4c2ccccc2O3)cc1. The molecule has 0 saturated carbocycles. The van der Waals surface area contributed by atoms with Gasteiger partial charge in [0.2, 0.25) is 0 Å². The molecular formula is C36H22BNO3. The van der Waals surface area contributed by atoms with E-state index in [-0.39, 0.29) is 6.71 Å². The van der Waals surface area contributed by atoms with Crippen LogP contribution in [0.4, 0.5) is 17.1 Å². The molecule has 0 fully saturated rings.